The summed E-state index contributed by atoms with van der Waals surface area (Å²) in [5.41, 5.74) is 7.24. The van der Waals surface area contributed by atoms with E-state index >= 15 is 0 Å². The number of nitrogens with zero attached hydrogens (tertiary/aromatic N) is 2. The molecule has 0 bridgehead atoms. The van der Waals surface area contributed by atoms with E-state index in [-0.39, 0.29) is 5.91 Å². The van der Waals surface area contributed by atoms with E-state index in [1.807, 2.05) is 60.7 Å². The van der Waals surface area contributed by atoms with Crippen LogP contribution in [0.25, 0.3) is 10.6 Å². The number of hydrazine groups is 1. The first-order valence-corrected chi connectivity index (χ1v) is 11.3. The molecule has 1 aliphatic rings. The highest BCUT2D eigenvalue weighted by molar-refractivity contribution is 7.17. The maximum Gasteiger partial charge on any atom is 0.281 e. The molecule has 1 atom stereocenters. The van der Waals surface area contributed by atoms with Crippen LogP contribution >= 0.6 is 11.3 Å². The Kier molecular flexibility index (Phi) is 6.61. The van der Waals surface area contributed by atoms with E-state index in [9.17, 15) is 14.4 Å². The van der Waals surface area contributed by atoms with Crippen LogP contribution in [0.1, 0.15) is 46.2 Å². The molecule has 0 spiro atoms. The molecule has 164 valence electrons. The smallest absolute Gasteiger partial charge is 0.281 e. The van der Waals surface area contributed by atoms with Crippen LogP contribution < -0.4 is 10.9 Å². The maximum absolute atomic E-state index is 13.1. The molecule has 1 aliphatic heterocycles. The van der Waals surface area contributed by atoms with E-state index in [0.29, 0.717) is 29.1 Å². The largest absolute Gasteiger partial charge is 0.326 e. The second kappa shape index (κ2) is 9.74. The summed E-state index contributed by atoms with van der Waals surface area (Å²) in [6.45, 7) is 2.27. The van der Waals surface area contributed by atoms with Gasteiger partial charge in [-0.2, -0.15) is 0 Å². The molecule has 7 nitrogen and oxygen atoms in total. The Labute approximate surface area is 190 Å². The molecule has 3 amide bonds. The number of benzene rings is 2. The molecule has 1 aromatic heterocycles. The number of hydrogen-bond donors (Lipinski definition) is 2. The van der Waals surface area contributed by atoms with Crippen molar-refractivity contribution in [1.82, 2.24) is 20.7 Å². The van der Waals surface area contributed by atoms with E-state index in [4.69, 9.17) is 0 Å². The topological polar surface area (TPSA) is 91.4 Å². The van der Waals surface area contributed by atoms with Gasteiger partial charge in [0.25, 0.3) is 11.8 Å². The SMILES string of the molecule is Cc1nc(-c2ccccc2)sc1C(=O)NNC(=O)C(c1ccccc1)N1CCCCC1=O. The number of aryl methyl sites for hydroxylation is 1. The fourth-order valence-corrected chi connectivity index (χ4v) is 4.73. The van der Waals surface area contributed by atoms with Crippen LogP contribution in [-0.4, -0.2) is 34.2 Å². The molecular weight excluding hydrogens is 424 g/mol. The first-order valence-electron chi connectivity index (χ1n) is 10.5. The summed E-state index contributed by atoms with van der Waals surface area (Å²) in [5.74, 6) is -0.949. The minimum absolute atomic E-state index is 0.0580. The third-order valence-electron chi connectivity index (χ3n) is 5.36. The van der Waals surface area contributed by atoms with Crippen LogP contribution in [0.15, 0.2) is 60.7 Å². The van der Waals surface area contributed by atoms with Gasteiger partial charge >= 0.3 is 0 Å². The summed E-state index contributed by atoms with van der Waals surface area (Å²) >= 11 is 1.27. The zero-order valence-corrected chi connectivity index (χ0v) is 18.5. The summed E-state index contributed by atoms with van der Waals surface area (Å²) in [6.07, 6.45) is 2.09. The third kappa shape index (κ3) is 4.70. The van der Waals surface area contributed by atoms with Gasteiger partial charge in [-0.05, 0) is 25.3 Å². The van der Waals surface area contributed by atoms with E-state index in [2.05, 4.69) is 15.8 Å². The summed E-state index contributed by atoms with van der Waals surface area (Å²) < 4.78 is 0. The summed E-state index contributed by atoms with van der Waals surface area (Å²) in [4.78, 5) is 44.9. The van der Waals surface area contributed by atoms with Crippen molar-refractivity contribution in [3.05, 3.63) is 76.8 Å². The molecule has 32 heavy (non-hydrogen) atoms. The van der Waals surface area contributed by atoms with Gasteiger partial charge in [-0.15, -0.1) is 11.3 Å². The van der Waals surface area contributed by atoms with Crippen LogP contribution in [0.2, 0.25) is 0 Å². The lowest BCUT2D eigenvalue weighted by Crippen LogP contribution is -2.50. The van der Waals surface area contributed by atoms with Crippen LogP contribution in [0, 0.1) is 6.92 Å². The van der Waals surface area contributed by atoms with E-state index in [0.717, 1.165) is 23.4 Å². The zero-order valence-electron chi connectivity index (χ0n) is 17.7. The quantitative estimate of drug-likeness (QED) is 0.583. The predicted molar refractivity (Wildman–Crippen MR) is 123 cm³/mol. The monoisotopic (exact) mass is 448 g/mol. The normalized spacial score (nSPS) is 14.7. The second-order valence-corrected chi connectivity index (χ2v) is 8.60. The lowest BCUT2D eigenvalue weighted by molar-refractivity contribution is -0.143. The summed E-state index contributed by atoms with van der Waals surface area (Å²) in [6, 6.07) is 18.0. The Morgan fingerprint density at radius 1 is 1.00 bits per heavy atom. The van der Waals surface area contributed by atoms with E-state index in [1.165, 1.54) is 11.3 Å². The number of amides is 3. The van der Waals surface area contributed by atoms with Crippen molar-refractivity contribution in [2.24, 2.45) is 0 Å². The standard InChI is InChI=1S/C24H24N4O3S/c1-16-21(32-24(25-16)18-12-6-3-7-13-18)23(31)27-26-22(30)20(17-10-4-2-5-11-17)28-15-9-8-14-19(28)29/h2-7,10-13,20H,8-9,14-15H2,1H3,(H,26,30)(H,27,31). The molecule has 1 fully saturated rings. The highest BCUT2D eigenvalue weighted by Gasteiger charge is 2.33. The van der Waals surface area contributed by atoms with E-state index in [1.54, 1.807) is 11.8 Å². The van der Waals surface area contributed by atoms with Gasteiger partial charge in [0.1, 0.15) is 15.9 Å². The molecule has 1 unspecified atom stereocenters. The van der Waals surface area contributed by atoms with Crippen molar-refractivity contribution in [2.75, 3.05) is 6.54 Å². The molecule has 0 radical (unpaired) electrons. The number of rotatable bonds is 5. The van der Waals surface area contributed by atoms with Gasteiger partial charge in [-0.25, -0.2) is 4.98 Å². The fraction of sp³-hybridized carbons (Fsp3) is 0.250. The molecule has 3 aromatic rings. The number of nitrogens with one attached hydrogen (secondary N) is 2. The van der Waals surface area contributed by atoms with Crippen LogP contribution in [0.4, 0.5) is 0 Å². The first-order chi connectivity index (χ1) is 15.5. The fourth-order valence-electron chi connectivity index (χ4n) is 3.76. The van der Waals surface area contributed by atoms with Gasteiger partial charge in [0.2, 0.25) is 5.91 Å². The summed E-state index contributed by atoms with van der Waals surface area (Å²) in [7, 11) is 0. The molecule has 2 heterocycles. The second-order valence-electron chi connectivity index (χ2n) is 7.60. The van der Waals surface area contributed by atoms with Crippen LogP contribution in [-0.2, 0) is 9.59 Å². The van der Waals surface area contributed by atoms with Gasteiger partial charge in [0.15, 0.2) is 0 Å². The number of hydrogen-bond acceptors (Lipinski definition) is 5. The number of piperidine rings is 1. The third-order valence-corrected chi connectivity index (χ3v) is 6.56. The molecule has 8 heteroatoms. The molecule has 2 N–H and O–H groups in total. The zero-order chi connectivity index (χ0) is 22.5. The molecule has 4 rings (SSSR count). The Bertz CT molecular complexity index is 1110. The number of likely N-dealkylation sites (tertiary alicyclic amines) is 1. The Morgan fingerprint density at radius 2 is 1.69 bits per heavy atom. The van der Waals surface area contributed by atoms with Gasteiger partial charge in [-0.1, -0.05) is 60.7 Å². The van der Waals surface area contributed by atoms with Gasteiger partial charge in [-0.3, -0.25) is 25.2 Å². The molecule has 0 aliphatic carbocycles. The van der Waals surface area contributed by atoms with Crippen molar-refractivity contribution in [3.63, 3.8) is 0 Å². The maximum atomic E-state index is 13.1. The number of carbonyl (C=O) groups excluding carboxylic acids is 3. The molecule has 0 saturated carbocycles. The Morgan fingerprint density at radius 3 is 2.38 bits per heavy atom. The minimum atomic E-state index is -0.799. The lowest BCUT2D eigenvalue weighted by atomic mass is 10.0. The number of thiazole rings is 1. The van der Waals surface area contributed by atoms with Crippen LogP contribution in [0.3, 0.4) is 0 Å². The average Bonchev–Trinajstić information content (AvgIpc) is 3.22. The van der Waals surface area contributed by atoms with Crippen LogP contribution in [0.5, 0.6) is 0 Å². The average molecular weight is 449 g/mol. The molecular formula is C24H24N4O3S. The van der Waals surface area contributed by atoms with E-state index < -0.39 is 17.9 Å². The molecule has 2 aromatic carbocycles. The number of carbonyl (C=O) groups is 3. The number of aromatic nitrogens is 1. The van der Waals surface area contributed by atoms with Crippen molar-refractivity contribution >= 4 is 29.1 Å². The van der Waals surface area contributed by atoms with Crippen molar-refractivity contribution < 1.29 is 14.4 Å². The van der Waals surface area contributed by atoms with Gasteiger partial charge in [0.05, 0.1) is 5.69 Å². The molecule has 1 saturated heterocycles. The van der Waals surface area contributed by atoms with Crippen molar-refractivity contribution in [2.45, 2.75) is 32.2 Å². The minimum Gasteiger partial charge on any atom is -0.326 e. The lowest BCUT2D eigenvalue weighted by Gasteiger charge is -2.34. The Hall–Kier alpha value is -3.52. The van der Waals surface area contributed by atoms with Crippen molar-refractivity contribution in [1.29, 1.82) is 0 Å². The highest BCUT2D eigenvalue weighted by Crippen LogP contribution is 2.28. The summed E-state index contributed by atoms with van der Waals surface area (Å²) in [5, 5.41) is 0.737. The Balaban J connectivity index is 1.49. The predicted octanol–water partition coefficient (Wildman–Crippen LogP) is 3.63. The van der Waals surface area contributed by atoms with Crippen molar-refractivity contribution in [3.8, 4) is 10.6 Å². The van der Waals surface area contributed by atoms with Gasteiger partial charge < -0.3 is 4.90 Å². The highest BCUT2D eigenvalue weighted by atomic mass is 32.1. The first kappa shape index (κ1) is 21.7. The van der Waals surface area contributed by atoms with Gasteiger partial charge in [0, 0.05) is 18.5 Å².